The van der Waals surface area contributed by atoms with Gasteiger partial charge in [0.2, 0.25) is 0 Å². The van der Waals surface area contributed by atoms with Crippen LogP contribution >= 0.6 is 0 Å². The fraction of sp³-hybridized carbons (Fsp3) is 0.235. The maximum Gasteiger partial charge on any atom is 0.123 e. The average molecular weight is 252 g/mol. The molecule has 0 aromatic carbocycles. The number of nitrogens with two attached hydrogens (primary N) is 1. The van der Waals surface area contributed by atoms with Crippen molar-refractivity contribution in [1.29, 1.82) is 0 Å². The van der Waals surface area contributed by atoms with E-state index in [-0.39, 0.29) is 0 Å². The first-order valence-corrected chi connectivity index (χ1v) is 6.65. The molecule has 1 aromatic heterocycles. The molecule has 0 radical (unpaired) electrons. The third kappa shape index (κ3) is 4.25. The summed E-state index contributed by atoms with van der Waals surface area (Å²) >= 11 is 0. The van der Waals surface area contributed by atoms with Gasteiger partial charge in [0.25, 0.3) is 0 Å². The van der Waals surface area contributed by atoms with E-state index in [1.165, 1.54) is 11.1 Å². The van der Waals surface area contributed by atoms with Gasteiger partial charge in [0.1, 0.15) is 5.82 Å². The van der Waals surface area contributed by atoms with Gasteiger partial charge < -0.3 is 5.73 Å². The number of aryl methyl sites for hydroxylation is 1. The Labute approximate surface area is 115 Å². The summed E-state index contributed by atoms with van der Waals surface area (Å²) in [5.74, 6) is 0.595. The molecule has 2 heteroatoms. The minimum absolute atomic E-state index is 0.595. The zero-order valence-electron chi connectivity index (χ0n) is 11.2. The molecule has 1 aromatic rings. The fourth-order valence-electron chi connectivity index (χ4n) is 2.14. The normalized spacial score (nSPS) is 14.5. The Balaban J connectivity index is 1.92. The van der Waals surface area contributed by atoms with Gasteiger partial charge in [0.05, 0.1) is 0 Å². The van der Waals surface area contributed by atoms with Crippen LogP contribution in [0.15, 0.2) is 66.3 Å². The van der Waals surface area contributed by atoms with Crippen LogP contribution in [0.2, 0.25) is 0 Å². The molecule has 0 spiro atoms. The van der Waals surface area contributed by atoms with Crippen molar-refractivity contribution in [3.8, 4) is 0 Å². The monoisotopic (exact) mass is 252 g/mol. The quantitative estimate of drug-likeness (QED) is 0.805. The SMILES string of the molecule is C=CCC1=CC=CC(CCc2cccc(N)n2)=CC1. The van der Waals surface area contributed by atoms with Crippen molar-refractivity contribution < 1.29 is 0 Å². The predicted octanol–water partition coefficient (Wildman–Crippen LogP) is 3.99. The molecule has 0 amide bonds. The molecule has 2 rings (SSSR count). The molecule has 0 aliphatic heterocycles. The van der Waals surface area contributed by atoms with Crippen LogP contribution in [0.3, 0.4) is 0 Å². The van der Waals surface area contributed by atoms with Crippen molar-refractivity contribution in [2.45, 2.75) is 25.7 Å². The van der Waals surface area contributed by atoms with E-state index in [1.54, 1.807) is 0 Å². The number of allylic oxidation sites excluding steroid dienone is 7. The van der Waals surface area contributed by atoms with E-state index in [2.05, 4.69) is 35.9 Å². The van der Waals surface area contributed by atoms with Crippen LogP contribution in [0.4, 0.5) is 5.82 Å². The average Bonchev–Trinajstić information content (AvgIpc) is 2.63. The van der Waals surface area contributed by atoms with Crippen molar-refractivity contribution in [3.63, 3.8) is 0 Å². The second kappa shape index (κ2) is 6.74. The van der Waals surface area contributed by atoms with Crippen LogP contribution in [0.5, 0.6) is 0 Å². The van der Waals surface area contributed by atoms with E-state index in [0.717, 1.165) is 31.4 Å². The molecule has 19 heavy (non-hydrogen) atoms. The highest BCUT2D eigenvalue weighted by atomic mass is 14.8. The molecule has 1 heterocycles. The van der Waals surface area contributed by atoms with E-state index in [0.29, 0.717) is 5.82 Å². The highest BCUT2D eigenvalue weighted by Crippen LogP contribution is 2.18. The Hall–Kier alpha value is -2.09. The zero-order valence-corrected chi connectivity index (χ0v) is 11.2. The summed E-state index contributed by atoms with van der Waals surface area (Å²) in [6, 6.07) is 5.80. The Morgan fingerprint density at radius 1 is 1.32 bits per heavy atom. The maximum atomic E-state index is 5.69. The Bertz CT molecular complexity index is 536. The minimum atomic E-state index is 0.595. The van der Waals surface area contributed by atoms with Crippen molar-refractivity contribution in [3.05, 3.63) is 72.0 Å². The smallest absolute Gasteiger partial charge is 0.123 e. The molecular formula is C17H20N2. The molecule has 0 saturated heterocycles. The number of aromatic nitrogens is 1. The van der Waals surface area contributed by atoms with E-state index >= 15 is 0 Å². The van der Waals surface area contributed by atoms with Crippen molar-refractivity contribution in [2.75, 3.05) is 5.73 Å². The third-order valence-electron chi connectivity index (χ3n) is 3.17. The van der Waals surface area contributed by atoms with Gasteiger partial charge in [0.15, 0.2) is 0 Å². The van der Waals surface area contributed by atoms with Gasteiger partial charge in [-0.1, -0.05) is 47.6 Å². The number of hydrogen-bond acceptors (Lipinski definition) is 2. The van der Waals surface area contributed by atoms with Crippen molar-refractivity contribution >= 4 is 5.82 Å². The van der Waals surface area contributed by atoms with Crippen LogP contribution in [0, 0.1) is 0 Å². The summed E-state index contributed by atoms with van der Waals surface area (Å²) in [4.78, 5) is 4.33. The molecule has 1 aliphatic carbocycles. The molecule has 0 fully saturated rings. The summed E-state index contributed by atoms with van der Waals surface area (Å²) in [6.45, 7) is 3.78. The fourth-order valence-corrected chi connectivity index (χ4v) is 2.14. The number of anilines is 1. The maximum absolute atomic E-state index is 5.69. The van der Waals surface area contributed by atoms with E-state index in [1.807, 2.05) is 24.3 Å². The van der Waals surface area contributed by atoms with E-state index < -0.39 is 0 Å². The summed E-state index contributed by atoms with van der Waals surface area (Å²) in [5.41, 5.74) is 9.51. The highest BCUT2D eigenvalue weighted by molar-refractivity contribution is 5.32. The van der Waals surface area contributed by atoms with E-state index in [9.17, 15) is 0 Å². The van der Waals surface area contributed by atoms with Gasteiger partial charge in [-0.05, 0) is 37.8 Å². The Kier molecular flexibility index (Phi) is 4.73. The first-order chi connectivity index (χ1) is 9.28. The van der Waals surface area contributed by atoms with Crippen LogP contribution in [-0.2, 0) is 6.42 Å². The van der Waals surface area contributed by atoms with Crippen molar-refractivity contribution in [1.82, 2.24) is 4.98 Å². The van der Waals surface area contributed by atoms with Crippen LogP contribution in [0.1, 0.15) is 25.0 Å². The highest BCUT2D eigenvalue weighted by Gasteiger charge is 2.01. The molecule has 2 N–H and O–H groups in total. The summed E-state index contributed by atoms with van der Waals surface area (Å²) in [5, 5.41) is 0. The Morgan fingerprint density at radius 2 is 2.21 bits per heavy atom. The topological polar surface area (TPSA) is 38.9 Å². The van der Waals surface area contributed by atoms with Gasteiger partial charge in [0, 0.05) is 5.69 Å². The van der Waals surface area contributed by atoms with Crippen LogP contribution in [0.25, 0.3) is 0 Å². The lowest BCUT2D eigenvalue weighted by molar-refractivity contribution is 0.914. The van der Waals surface area contributed by atoms with Crippen LogP contribution in [-0.4, -0.2) is 4.98 Å². The number of pyridine rings is 1. The molecule has 98 valence electrons. The van der Waals surface area contributed by atoms with Gasteiger partial charge in [-0.2, -0.15) is 0 Å². The van der Waals surface area contributed by atoms with Crippen molar-refractivity contribution in [2.24, 2.45) is 0 Å². The number of nitrogens with zero attached hydrogens (tertiary/aromatic N) is 1. The van der Waals surface area contributed by atoms with Crippen LogP contribution < -0.4 is 5.73 Å². The number of hydrogen-bond donors (Lipinski definition) is 1. The second-order valence-electron chi connectivity index (χ2n) is 4.71. The molecule has 0 saturated carbocycles. The Morgan fingerprint density at radius 3 is 3.00 bits per heavy atom. The minimum Gasteiger partial charge on any atom is -0.384 e. The van der Waals surface area contributed by atoms with Gasteiger partial charge in [-0.3, -0.25) is 0 Å². The third-order valence-corrected chi connectivity index (χ3v) is 3.17. The van der Waals surface area contributed by atoms with Gasteiger partial charge in [-0.15, -0.1) is 6.58 Å². The molecule has 2 nitrogen and oxygen atoms in total. The molecule has 1 aliphatic rings. The largest absolute Gasteiger partial charge is 0.384 e. The van der Waals surface area contributed by atoms with Gasteiger partial charge in [-0.25, -0.2) is 4.98 Å². The number of rotatable bonds is 5. The molecular weight excluding hydrogens is 232 g/mol. The second-order valence-corrected chi connectivity index (χ2v) is 4.71. The zero-order chi connectivity index (χ0) is 13.5. The predicted molar refractivity (Wildman–Crippen MR) is 81.7 cm³/mol. The first kappa shape index (κ1) is 13.3. The van der Waals surface area contributed by atoms with E-state index in [4.69, 9.17) is 5.73 Å². The van der Waals surface area contributed by atoms with Gasteiger partial charge >= 0.3 is 0 Å². The molecule has 0 atom stereocenters. The lowest BCUT2D eigenvalue weighted by Gasteiger charge is -2.03. The summed E-state index contributed by atoms with van der Waals surface area (Å²) < 4.78 is 0. The lowest BCUT2D eigenvalue weighted by atomic mass is 10.1. The number of nitrogen functional groups attached to an aromatic ring is 1. The first-order valence-electron chi connectivity index (χ1n) is 6.65. The standard InChI is InChI=1S/C17H20N2/c1-2-5-14-6-3-7-15(11-10-14)12-13-16-8-4-9-17(18)19-16/h2-4,6-9,11H,1,5,10,12-13H2,(H2,18,19). The summed E-state index contributed by atoms with van der Waals surface area (Å²) in [7, 11) is 0. The lowest BCUT2D eigenvalue weighted by Crippen LogP contribution is -1.95. The summed E-state index contributed by atoms with van der Waals surface area (Å²) in [6.07, 6.45) is 14.7. The molecule has 0 bridgehead atoms. The molecule has 0 unspecified atom stereocenters.